The number of rotatable bonds is 4. The van der Waals surface area contributed by atoms with E-state index in [1.807, 2.05) is 5.38 Å². The summed E-state index contributed by atoms with van der Waals surface area (Å²) in [7, 11) is 0. The zero-order valence-electron chi connectivity index (χ0n) is 11.8. The van der Waals surface area contributed by atoms with Crippen LogP contribution in [0.4, 0.5) is 11.8 Å². The highest BCUT2D eigenvalue weighted by Crippen LogP contribution is 2.29. The van der Waals surface area contributed by atoms with Gasteiger partial charge >= 0.3 is 0 Å². The molecule has 0 saturated carbocycles. The van der Waals surface area contributed by atoms with Crippen molar-refractivity contribution in [2.75, 3.05) is 49.7 Å². The van der Waals surface area contributed by atoms with E-state index in [0.29, 0.717) is 5.95 Å². The Morgan fingerprint density at radius 2 is 2.19 bits per heavy atom. The molecule has 0 unspecified atom stereocenters. The molecule has 0 atom stereocenters. The van der Waals surface area contributed by atoms with Gasteiger partial charge in [0.25, 0.3) is 0 Å². The standard InChI is InChI=1S/C13H20N6OS/c14-17-13-15-11(10-2-9-21-12(10)16-13)19-4-1-3-18(5-6-19)7-8-20/h2,9,20H,1,3-8,14H2,(H,15,16,17). The summed E-state index contributed by atoms with van der Waals surface area (Å²) in [5.41, 5.74) is 2.55. The van der Waals surface area contributed by atoms with E-state index in [-0.39, 0.29) is 6.61 Å². The number of nitrogen functional groups attached to an aromatic ring is 1. The lowest BCUT2D eigenvalue weighted by Gasteiger charge is -2.23. The van der Waals surface area contributed by atoms with Crippen molar-refractivity contribution in [3.63, 3.8) is 0 Å². The summed E-state index contributed by atoms with van der Waals surface area (Å²) in [6, 6.07) is 2.06. The number of hydrogen-bond acceptors (Lipinski definition) is 8. The Morgan fingerprint density at radius 1 is 1.29 bits per heavy atom. The van der Waals surface area contributed by atoms with Gasteiger partial charge in [0, 0.05) is 26.2 Å². The van der Waals surface area contributed by atoms with Crippen molar-refractivity contribution in [3.05, 3.63) is 11.4 Å². The zero-order chi connectivity index (χ0) is 14.7. The minimum absolute atomic E-state index is 0.212. The van der Waals surface area contributed by atoms with E-state index in [0.717, 1.165) is 55.2 Å². The Kier molecular flexibility index (Phi) is 4.49. The number of fused-ring (bicyclic) bond motifs is 1. The molecular weight excluding hydrogens is 288 g/mol. The van der Waals surface area contributed by atoms with Gasteiger partial charge in [0.05, 0.1) is 12.0 Å². The van der Waals surface area contributed by atoms with Gasteiger partial charge in [0.15, 0.2) is 0 Å². The van der Waals surface area contributed by atoms with Gasteiger partial charge in [0.1, 0.15) is 10.6 Å². The van der Waals surface area contributed by atoms with E-state index in [9.17, 15) is 0 Å². The summed E-state index contributed by atoms with van der Waals surface area (Å²) in [6.07, 6.45) is 1.06. The van der Waals surface area contributed by atoms with Crippen molar-refractivity contribution in [1.29, 1.82) is 0 Å². The summed E-state index contributed by atoms with van der Waals surface area (Å²) in [5, 5.41) is 12.2. The van der Waals surface area contributed by atoms with Crippen molar-refractivity contribution >= 4 is 33.3 Å². The SMILES string of the molecule is NNc1nc(N2CCCN(CCO)CC2)c2ccsc2n1. The molecule has 0 aromatic carbocycles. The molecule has 3 heterocycles. The first-order chi connectivity index (χ1) is 10.3. The van der Waals surface area contributed by atoms with Crippen molar-refractivity contribution < 1.29 is 5.11 Å². The van der Waals surface area contributed by atoms with Crippen molar-refractivity contribution in [1.82, 2.24) is 14.9 Å². The Hall–Kier alpha value is -1.48. The molecule has 1 aliphatic rings. The molecule has 2 aromatic rings. The molecule has 0 spiro atoms. The third kappa shape index (κ3) is 3.08. The summed E-state index contributed by atoms with van der Waals surface area (Å²) in [6.45, 7) is 4.74. The monoisotopic (exact) mass is 308 g/mol. The van der Waals surface area contributed by atoms with Gasteiger partial charge in [0.2, 0.25) is 5.95 Å². The fourth-order valence-corrected chi connectivity index (χ4v) is 3.45. The van der Waals surface area contributed by atoms with Crippen LogP contribution in [-0.4, -0.2) is 59.3 Å². The van der Waals surface area contributed by atoms with Crippen LogP contribution in [-0.2, 0) is 0 Å². The highest BCUT2D eigenvalue weighted by molar-refractivity contribution is 7.16. The minimum Gasteiger partial charge on any atom is -0.395 e. The van der Waals surface area contributed by atoms with Crippen molar-refractivity contribution in [2.24, 2.45) is 5.84 Å². The maximum absolute atomic E-state index is 9.08. The molecule has 21 heavy (non-hydrogen) atoms. The lowest BCUT2D eigenvalue weighted by Crippen LogP contribution is -2.33. The number of anilines is 2. The van der Waals surface area contributed by atoms with Crippen LogP contribution < -0.4 is 16.2 Å². The van der Waals surface area contributed by atoms with Gasteiger partial charge in [-0.1, -0.05) is 0 Å². The quantitative estimate of drug-likeness (QED) is 0.559. The number of β-amino-alcohol motifs (C(OH)–C–C–N with tert-alkyl or cyclic N) is 1. The first-order valence-electron chi connectivity index (χ1n) is 7.12. The minimum atomic E-state index is 0.212. The molecule has 1 saturated heterocycles. The topological polar surface area (TPSA) is 90.5 Å². The highest BCUT2D eigenvalue weighted by atomic mass is 32.1. The van der Waals surface area contributed by atoms with E-state index >= 15 is 0 Å². The number of aromatic nitrogens is 2. The number of aliphatic hydroxyl groups excluding tert-OH is 1. The van der Waals surface area contributed by atoms with Gasteiger partial charge < -0.3 is 10.0 Å². The molecule has 2 aromatic heterocycles. The number of hydrazine groups is 1. The smallest absolute Gasteiger partial charge is 0.240 e. The molecule has 0 amide bonds. The fraction of sp³-hybridized carbons (Fsp3) is 0.538. The second kappa shape index (κ2) is 6.52. The second-order valence-electron chi connectivity index (χ2n) is 5.06. The average molecular weight is 308 g/mol. The van der Waals surface area contributed by atoms with Crippen LogP contribution in [0.25, 0.3) is 10.2 Å². The molecule has 1 aliphatic heterocycles. The third-order valence-electron chi connectivity index (χ3n) is 3.74. The molecule has 4 N–H and O–H groups in total. The van der Waals surface area contributed by atoms with Crippen molar-refractivity contribution in [3.8, 4) is 0 Å². The maximum Gasteiger partial charge on any atom is 0.240 e. The number of thiophene rings is 1. The number of nitrogens with zero attached hydrogens (tertiary/aromatic N) is 4. The normalized spacial score (nSPS) is 17.1. The van der Waals surface area contributed by atoms with Crippen LogP contribution >= 0.6 is 11.3 Å². The Bertz CT molecular complexity index is 603. The van der Waals surface area contributed by atoms with Crippen LogP contribution in [0.5, 0.6) is 0 Å². The van der Waals surface area contributed by atoms with E-state index in [1.54, 1.807) is 11.3 Å². The Morgan fingerprint density at radius 3 is 3.00 bits per heavy atom. The fourth-order valence-electron chi connectivity index (χ4n) is 2.69. The average Bonchev–Trinajstić information content (AvgIpc) is 2.86. The van der Waals surface area contributed by atoms with Crippen LogP contribution in [0.15, 0.2) is 11.4 Å². The van der Waals surface area contributed by atoms with Crippen LogP contribution in [0.3, 0.4) is 0 Å². The number of hydrogen-bond donors (Lipinski definition) is 3. The van der Waals surface area contributed by atoms with Gasteiger partial charge in [-0.05, 0) is 24.4 Å². The molecule has 0 aliphatic carbocycles. The van der Waals surface area contributed by atoms with Gasteiger partial charge in [-0.15, -0.1) is 11.3 Å². The number of nitrogens with two attached hydrogens (primary N) is 1. The predicted octanol–water partition coefficient (Wildman–Crippen LogP) is 0.481. The van der Waals surface area contributed by atoms with E-state index in [1.165, 1.54) is 0 Å². The van der Waals surface area contributed by atoms with Crippen molar-refractivity contribution in [2.45, 2.75) is 6.42 Å². The summed E-state index contributed by atoms with van der Waals surface area (Å²) in [4.78, 5) is 14.4. The third-order valence-corrected chi connectivity index (χ3v) is 4.54. The maximum atomic E-state index is 9.08. The van der Waals surface area contributed by atoms with E-state index in [4.69, 9.17) is 10.9 Å². The molecule has 7 nitrogen and oxygen atoms in total. The summed E-state index contributed by atoms with van der Waals surface area (Å²) >= 11 is 1.59. The van der Waals surface area contributed by atoms with Crippen LogP contribution in [0.1, 0.15) is 6.42 Å². The predicted molar refractivity (Wildman–Crippen MR) is 85.6 cm³/mol. The molecule has 114 valence electrons. The van der Waals surface area contributed by atoms with Gasteiger partial charge in [-0.3, -0.25) is 10.3 Å². The van der Waals surface area contributed by atoms with E-state index < -0.39 is 0 Å². The first kappa shape index (κ1) is 14.5. The molecular formula is C13H20N6OS. The van der Waals surface area contributed by atoms with Gasteiger partial charge in [-0.25, -0.2) is 10.8 Å². The molecule has 8 heteroatoms. The molecule has 3 rings (SSSR count). The zero-order valence-corrected chi connectivity index (χ0v) is 12.6. The van der Waals surface area contributed by atoms with Crippen LogP contribution in [0.2, 0.25) is 0 Å². The summed E-state index contributed by atoms with van der Waals surface area (Å²) in [5.74, 6) is 6.88. The molecule has 1 fully saturated rings. The lowest BCUT2D eigenvalue weighted by molar-refractivity contribution is 0.204. The Balaban J connectivity index is 1.87. The van der Waals surface area contributed by atoms with Gasteiger partial charge in [-0.2, -0.15) is 4.98 Å². The lowest BCUT2D eigenvalue weighted by atomic mass is 10.3. The number of nitrogens with one attached hydrogen (secondary N) is 1. The second-order valence-corrected chi connectivity index (χ2v) is 5.96. The largest absolute Gasteiger partial charge is 0.395 e. The first-order valence-corrected chi connectivity index (χ1v) is 8.00. The highest BCUT2D eigenvalue weighted by Gasteiger charge is 2.19. The number of aliphatic hydroxyl groups is 1. The molecule has 0 bridgehead atoms. The van der Waals surface area contributed by atoms with Crippen LogP contribution in [0, 0.1) is 0 Å². The summed E-state index contributed by atoms with van der Waals surface area (Å²) < 4.78 is 0. The Labute approximate surface area is 127 Å². The van der Waals surface area contributed by atoms with E-state index in [2.05, 4.69) is 31.3 Å². The molecule has 0 radical (unpaired) electrons.